The number of hydrogen-bond acceptors (Lipinski definition) is 6. The second-order valence-electron chi connectivity index (χ2n) is 3.69. The summed E-state index contributed by atoms with van der Waals surface area (Å²) in [4.78, 5) is 33.0. The number of hydrogen-bond donors (Lipinski definition) is 3. The summed E-state index contributed by atoms with van der Waals surface area (Å²) in [5, 5.41) is 20.3. The van der Waals surface area contributed by atoms with Gasteiger partial charge in [-0.25, -0.2) is 9.59 Å². The number of anilines is 2. The number of benzene rings is 1. The number of rotatable bonds is 4. The zero-order valence-corrected chi connectivity index (χ0v) is 11.6. The molecule has 0 saturated carbocycles. The lowest BCUT2D eigenvalue weighted by molar-refractivity contribution is 0.0651. The summed E-state index contributed by atoms with van der Waals surface area (Å²) in [7, 11) is 0. The lowest BCUT2D eigenvalue weighted by atomic mass is 10.1. The molecule has 0 fully saturated rings. The molecule has 0 amide bonds. The molecule has 1 heterocycles. The first-order valence-electron chi connectivity index (χ1n) is 5.31. The van der Waals surface area contributed by atoms with Crippen LogP contribution >= 0.6 is 23.2 Å². The Morgan fingerprint density at radius 2 is 1.52 bits per heavy atom. The number of carboxylic acid groups (broad SMARTS) is 2. The predicted molar refractivity (Wildman–Crippen MR) is 73.5 cm³/mol. The highest BCUT2D eigenvalue weighted by Crippen LogP contribution is 2.20. The molecule has 2 rings (SSSR count). The number of aromatic carboxylic acids is 2. The summed E-state index contributed by atoms with van der Waals surface area (Å²) in [5.74, 6) is -2.72. The molecule has 2 aromatic rings. The van der Waals surface area contributed by atoms with Gasteiger partial charge in [0.1, 0.15) is 0 Å². The van der Waals surface area contributed by atoms with Gasteiger partial charge in [-0.05, 0) is 41.4 Å². The van der Waals surface area contributed by atoms with E-state index < -0.39 is 11.9 Å². The molecule has 1 aromatic heterocycles. The fourth-order valence-corrected chi connectivity index (χ4v) is 1.86. The highest BCUT2D eigenvalue weighted by molar-refractivity contribution is 6.31. The fourth-order valence-electron chi connectivity index (χ4n) is 1.50. The van der Waals surface area contributed by atoms with Crippen molar-refractivity contribution in [2.75, 3.05) is 5.32 Å². The van der Waals surface area contributed by atoms with E-state index in [0.717, 1.165) is 12.1 Å². The van der Waals surface area contributed by atoms with Gasteiger partial charge in [-0.2, -0.15) is 15.0 Å². The zero-order valence-electron chi connectivity index (χ0n) is 10.0. The van der Waals surface area contributed by atoms with Crippen molar-refractivity contribution in [1.29, 1.82) is 0 Å². The van der Waals surface area contributed by atoms with Crippen molar-refractivity contribution in [3.05, 3.63) is 39.9 Å². The number of carboxylic acids is 2. The second kappa shape index (κ2) is 5.90. The minimum atomic E-state index is -1.37. The van der Waals surface area contributed by atoms with E-state index in [9.17, 15) is 9.59 Å². The molecule has 0 saturated heterocycles. The molecule has 0 aliphatic rings. The zero-order chi connectivity index (χ0) is 15.6. The van der Waals surface area contributed by atoms with E-state index in [2.05, 4.69) is 20.3 Å². The van der Waals surface area contributed by atoms with Crippen LogP contribution in [0.3, 0.4) is 0 Å². The molecule has 21 heavy (non-hydrogen) atoms. The maximum absolute atomic E-state index is 11.1. The van der Waals surface area contributed by atoms with Crippen molar-refractivity contribution in [2.45, 2.75) is 0 Å². The average molecular weight is 329 g/mol. The Hall–Kier alpha value is -2.45. The topological polar surface area (TPSA) is 125 Å². The molecule has 3 N–H and O–H groups in total. The smallest absolute Gasteiger partial charge is 0.336 e. The van der Waals surface area contributed by atoms with Crippen molar-refractivity contribution >= 4 is 46.8 Å². The number of nitrogens with one attached hydrogen (secondary N) is 1. The summed E-state index contributed by atoms with van der Waals surface area (Å²) < 4.78 is 0. The highest BCUT2D eigenvalue weighted by Gasteiger charge is 2.16. The third kappa shape index (κ3) is 3.56. The molecule has 0 unspecified atom stereocenters. The third-order valence-electron chi connectivity index (χ3n) is 2.32. The minimum Gasteiger partial charge on any atom is -0.478 e. The van der Waals surface area contributed by atoms with Crippen LogP contribution in [0.2, 0.25) is 10.6 Å². The molecular weight excluding hydrogens is 323 g/mol. The SMILES string of the molecule is O=C(O)c1ccc(Nc2nc(Cl)nc(Cl)n2)cc1C(=O)O. The molecule has 0 atom stereocenters. The number of nitrogens with zero attached hydrogens (tertiary/aromatic N) is 3. The summed E-state index contributed by atoms with van der Waals surface area (Å²) in [5.41, 5.74) is -0.450. The molecule has 0 radical (unpaired) electrons. The predicted octanol–water partition coefficient (Wildman–Crippen LogP) is 2.32. The van der Waals surface area contributed by atoms with Crippen LogP contribution in [0.5, 0.6) is 0 Å². The summed E-state index contributed by atoms with van der Waals surface area (Å²) in [6.07, 6.45) is 0. The number of carbonyl (C=O) groups is 2. The lowest BCUT2D eigenvalue weighted by Gasteiger charge is -2.07. The van der Waals surface area contributed by atoms with Crippen LogP contribution in [0, 0.1) is 0 Å². The maximum Gasteiger partial charge on any atom is 0.336 e. The Balaban J connectivity index is 2.39. The van der Waals surface area contributed by atoms with Crippen molar-refractivity contribution < 1.29 is 19.8 Å². The van der Waals surface area contributed by atoms with Gasteiger partial charge in [-0.1, -0.05) is 0 Å². The van der Waals surface area contributed by atoms with Crippen LogP contribution in [-0.2, 0) is 0 Å². The molecule has 0 spiro atoms. The Kier molecular flexibility index (Phi) is 4.20. The molecule has 108 valence electrons. The quantitative estimate of drug-likeness (QED) is 0.780. The molecular formula is C11H6Cl2N4O4. The van der Waals surface area contributed by atoms with Crippen LogP contribution in [0.15, 0.2) is 18.2 Å². The van der Waals surface area contributed by atoms with Gasteiger partial charge in [0.15, 0.2) is 0 Å². The summed E-state index contributed by atoms with van der Waals surface area (Å²) in [6.45, 7) is 0. The van der Waals surface area contributed by atoms with Crippen LogP contribution < -0.4 is 5.32 Å². The Morgan fingerprint density at radius 3 is 2.05 bits per heavy atom. The van der Waals surface area contributed by atoms with Crippen molar-refractivity contribution in [3.63, 3.8) is 0 Å². The third-order valence-corrected chi connectivity index (χ3v) is 2.66. The monoisotopic (exact) mass is 328 g/mol. The summed E-state index contributed by atoms with van der Waals surface area (Å²) in [6, 6.07) is 3.65. The summed E-state index contributed by atoms with van der Waals surface area (Å²) >= 11 is 11.2. The molecule has 0 aliphatic carbocycles. The largest absolute Gasteiger partial charge is 0.478 e. The molecule has 0 aliphatic heterocycles. The van der Waals surface area contributed by atoms with E-state index in [1.165, 1.54) is 6.07 Å². The highest BCUT2D eigenvalue weighted by atomic mass is 35.5. The normalized spacial score (nSPS) is 10.2. The molecule has 0 bridgehead atoms. The van der Waals surface area contributed by atoms with Gasteiger partial charge >= 0.3 is 11.9 Å². The van der Waals surface area contributed by atoms with E-state index in [0.29, 0.717) is 0 Å². The molecule has 10 heteroatoms. The molecule has 1 aromatic carbocycles. The Morgan fingerprint density at radius 1 is 0.952 bits per heavy atom. The van der Waals surface area contributed by atoms with E-state index >= 15 is 0 Å². The van der Waals surface area contributed by atoms with Crippen molar-refractivity contribution in [2.24, 2.45) is 0 Å². The average Bonchev–Trinajstić information content (AvgIpc) is 2.36. The number of halogens is 2. The first kappa shape index (κ1) is 14.9. The van der Waals surface area contributed by atoms with Crippen LogP contribution in [0.4, 0.5) is 11.6 Å². The van der Waals surface area contributed by atoms with Crippen molar-refractivity contribution in [3.8, 4) is 0 Å². The first-order chi connectivity index (χ1) is 9.86. The van der Waals surface area contributed by atoms with Crippen molar-refractivity contribution in [1.82, 2.24) is 15.0 Å². The van der Waals surface area contributed by atoms with Gasteiger partial charge in [-0.3, -0.25) is 0 Å². The number of aromatic nitrogens is 3. The van der Waals surface area contributed by atoms with E-state index in [1.807, 2.05) is 0 Å². The van der Waals surface area contributed by atoms with E-state index in [1.54, 1.807) is 0 Å². The van der Waals surface area contributed by atoms with Crippen LogP contribution in [0.25, 0.3) is 0 Å². The fraction of sp³-hybridized carbons (Fsp3) is 0. The van der Waals surface area contributed by atoms with E-state index in [4.69, 9.17) is 33.4 Å². The Labute approximate surface area is 127 Å². The lowest BCUT2D eigenvalue weighted by Crippen LogP contribution is -2.09. The van der Waals surface area contributed by atoms with E-state index in [-0.39, 0.29) is 33.3 Å². The van der Waals surface area contributed by atoms with Gasteiger partial charge in [-0.15, -0.1) is 0 Å². The molecule has 8 nitrogen and oxygen atoms in total. The van der Waals surface area contributed by atoms with Gasteiger partial charge in [0.05, 0.1) is 11.1 Å². The van der Waals surface area contributed by atoms with Gasteiger partial charge < -0.3 is 15.5 Å². The van der Waals surface area contributed by atoms with Gasteiger partial charge in [0, 0.05) is 5.69 Å². The maximum atomic E-state index is 11.1. The van der Waals surface area contributed by atoms with Gasteiger partial charge in [0.25, 0.3) is 0 Å². The standard InChI is InChI=1S/C11H6Cl2N4O4/c12-9-15-10(13)17-11(16-9)14-4-1-2-5(7(18)19)6(3-4)8(20)21/h1-3H,(H,18,19)(H,20,21)(H,14,15,16,17). The van der Waals surface area contributed by atoms with Crippen LogP contribution in [-0.4, -0.2) is 37.1 Å². The van der Waals surface area contributed by atoms with Gasteiger partial charge in [0.2, 0.25) is 16.5 Å². The van der Waals surface area contributed by atoms with Crippen LogP contribution in [0.1, 0.15) is 20.7 Å². The second-order valence-corrected chi connectivity index (χ2v) is 4.37. The first-order valence-corrected chi connectivity index (χ1v) is 6.07. The minimum absolute atomic E-state index is 0.000543. The Bertz CT molecular complexity index is 718.